The second kappa shape index (κ2) is 4.53. The molecule has 2 nitrogen and oxygen atoms in total. The largest absolute Gasteiger partial charge is 0.315 e. The van der Waals surface area contributed by atoms with Gasteiger partial charge in [0.15, 0.2) is 0 Å². The van der Waals surface area contributed by atoms with Crippen molar-refractivity contribution in [2.45, 2.75) is 56.4 Å². The van der Waals surface area contributed by atoms with E-state index in [2.05, 4.69) is 10.3 Å². The van der Waals surface area contributed by atoms with E-state index in [1.807, 2.05) is 7.05 Å². The van der Waals surface area contributed by atoms with Crippen molar-refractivity contribution in [2.24, 2.45) is 0 Å². The van der Waals surface area contributed by atoms with Gasteiger partial charge in [0.2, 0.25) is 5.92 Å². The van der Waals surface area contributed by atoms with Gasteiger partial charge in [-0.1, -0.05) is 0 Å². The second-order valence-electron chi connectivity index (χ2n) is 5.46. The lowest BCUT2D eigenvalue weighted by atomic mass is 10.1. The number of hydrogen-bond donors (Lipinski definition) is 1. The minimum Gasteiger partial charge on any atom is -0.315 e. The van der Waals surface area contributed by atoms with E-state index in [4.69, 9.17) is 0 Å². The minimum atomic E-state index is -2.47. The highest BCUT2D eigenvalue weighted by atomic mass is 32.1. The Balaban J connectivity index is 1.82. The molecule has 1 heterocycles. The summed E-state index contributed by atoms with van der Waals surface area (Å²) < 4.78 is 26.5. The standard InChI is InChI=1S/C13H18F2N2S/c1-16-7-10-11(8-2-3-8)17-12(18-10)9-4-5-13(14,15)6-9/h8-9,16H,2-7H2,1H3. The minimum absolute atomic E-state index is 0.0103. The molecule has 0 saturated heterocycles. The molecule has 0 bridgehead atoms. The number of nitrogens with one attached hydrogen (secondary N) is 1. The smallest absolute Gasteiger partial charge is 0.248 e. The number of thiazole rings is 1. The number of halogens is 2. The predicted octanol–water partition coefficient (Wildman–Crippen LogP) is 3.64. The average Bonchev–Trinajstić information content (AvgIpc) is 2.97. The Morgan fingerprint density at radius 2 is 2.11 bits per heavy atom. The molecule has 0 radical (unpaired) electrons. The van der Waals surface area contributed by atoms with Crippen LogP contribution in [0.1, 0.15) is 59.5 Å². The molecule has 1 aromatic rings. The molecule has 0 aromatic carbocycles. The van der Waals surface area contributed by atoms with Gasteiger partial charge in [0, 0.05) is 36.1 Å². The Bertz CT molecular complexity index is 440. The van der Waals surface area contributed by atoms with E-state index in [0.717, 1.165) is 11.6 Å². The van der Waals surface area contributed by atoms with Crippen molar-refractivity contribution < 1.29 is 8.78 Å². The van der Waals surface area contributed by atoms with E-state index in [9.17, 15) is 8.78 Å². The number of rotatable bonds is 4. The quantitative estimate of drug-likeness (QED) is 0.905. The van der Waals surface area contributed by atoms with Crippen molar-refractivity contribution in [3.63, 3.8) is 0 Å². The number of alkyl halides is 2. The fourth-order valence-electron chi connectivity index (χ4n) is 2.68. The molecule has 2 fully saturated rings. The van der Waals surface area contributed by atoms with Gasteiger partial charge in [0.25, 0.3) is 0 Å². The first-order valence-electron chi connectivity index (χ1n) is 6.61. The molecule has 3 rings (SSSR count). The maximum atomic E-state index is 13.3. The molecule has 2 aliphatic carbocycles. The summed E-state index contributed by atoms with van der Waals surface area (Å²) in [5, 5.41) is 4.09. The van der Waals surface area contributed by atoms with E-state index in [-0.39, 0.29) is 18.8 Å². The fourth-order valence-corrected chi connectivity index (χ4v) is 3.98. The number of hydrogen-bond acceptors (Lipinski definition) is 3. The maximum Gasteiger partial charge on any atom is 0.248 e. The SMILES string of the molecule is CNCc1sc(C2CCC(F)(F)C2)nc1C1CC1. The van der Waals surface area contributed by atoms with E-state index in [0.29, 0.717) is 12.3 Å². The van der Waals surface area contributed by atoms with Crippen LogP contribution in [-0.4, -0.2) is 18.0 Å². The van der Waals surface area contributed by atoms with Crippen LogP contribution >= 0.6 is 11.3 Å². The predicted molar refractivity (Wildman–Crippen MR) is 68.4 cm³/mol. The van der Waals surface area contributed by atoms with Crippen LogP contribution in [0.2, 0.25) is 0 Å². The van der Waals surface area contributed by atoms with Crippen LogP contribution in [0.15, 0.2) is 0 Å². The van der Waals surface area contributed by atoms with Gasteiger partial charge in [0.1, 0.15) is 0 Å². The summed E-state index contributed by atoms with van der Waals surface area (Å²) in [5.41, 5.74) is 1.18. The summed E-state index contributed by atoms with van der Waals surface area (Å²) >= 11 is 1.64. The Morgan fingerprint density at radius 3 is 2.67 bits per heavy atom. The van der Waals surface area contributed by atoms with Crippen LogP contribution < -0.4 is 5.32 Å². The Hall–Kier alpha value is -0.550. The van der Waals surface area contributed by atoms with Crippen LogP contribution in [0.5, 0.6) is 0 Å². The first kappa shape index (κ1) is 12.5. The van der Waals surface area contributed by atoms with Gasteiger partial charge >= 0.3 is 0 Å². The van der Waals surface area contributed by atoms with Gasteiger partial charge in [-0.25, -0.2) is 13.8 Å². The van der Waals surface area contributed by atoms with Crippen molar-refractivity contribution in [3.05, 3.63) is 15.6 Å². The maximum absolute atomic E-state index is 13.3. The summed E-state index contributed by atoms with van der Waals surface area (Å²) in [5.74, 6) is -1.90. The lowest BCUT2D eigenvalue weighted by Crippen LogP contribution is -2.09. The van der Waals surface area contributed by atoms with E-state index >= 15 is 0 Å². The number of aromatic nitrogens is 1. The van der Waals surface area contributed by atoms with Gasteiger partial charge < -0.3 is 5.32 Å². The molecule has 18 heavy (non-hydrogen) atoms. The molecule has 1 N–H and O–H groups in total. The van der Waals surface area contributed by atoms with E-state index in [1.54, 1.807) is 11.3 Å². The van der Waals surface area contributed by atoms with Crippen LogP contribution in [0, 0.1) is 0 Å². The zero-order chi connectivity index (χ0) is 12.8. The Kier molecular flexibility index (Phi) is 3.14. The van der Waals surface area contributed by atoms with Gasteiger partial charge in [-0.2, -0.15) is 0 Å². The third-order valence-corrected chi connectivity index (χ3v) is 5.03. The topological polar surface area (TPSA) is 24.9 Å². The fraction of sp³-hybridized carbons (Fsp3) is 0.769. The zero-order valence-electron chi connectivity index (χ0n) is 10.5. The highest BCUT2D eigenvalue weighted by Gasteiger charge is 2.42. The average molecular weight is 272 g/mol. The van der Waals surface area contributed by atoms with Crippen LogP contribution in [-0.2, 0) is 6.54 Å². The highest BCUT2D eigenvalue weighted by Crippen LogP contribution is 2.48. The zero-order valence-corrected chi connectivity index (χ0v) is 11.3. The molecular weight excluding hydrogens is 254 g/mol. The normalized spacial score (nSPS) is 26.7. The first-order chi connectivity index (χ1) is 8.59. The molecule has 2 saturated carbocycles. The summed E-state index contributed by atoms with van der Waals surface area (Å²) in [4.78, 5) is 5.94. The van der Waals surface area contributed by atoms with Crippen LogP contribution in [0.3, 0.4) is 0 Å². The molecule has 2 aliphatic rings. The highest BCUT2D eigenvalue weighted by molar-refractivity contribution is 7.11. The van der Waals surface area contributed by atoms with E-state index in [1.165, 1.54) is 23.4 Å². The molecule has 5 heteroatoms. The lowest BCUT2D eigenvalue weighted by molar-refractivity contribution is 0.00776. The molecule has 0 aliphatic heterocycles. The summed E-state index contributed by atoms with van der Waals surface area (Å²) in [7, 11) is 1.92. The Labute approximate surface area is 110 Å². The monoisotopic (exact) mass is 272 g/mol. The lowest BCUT2D eigenvalue weighted by Gasteiger charge is -2.07. The molecular formula is C13H18F2N2S. The number of nitrogens with zero attached hydrogens (tertiary/aromatic N) is 1. The molecule has 1 unspecified atom stereocenters. The van der Waals surface area contributed by atoms with Gasteiger partial charge in [-0.3, -0.25) is 0 Å². The van der Waals surface area contributed by atoms with Gasteiger partial charge in [0.05, 0.1) is 10.7 Å². The van der Waals surface area contributed by atoms with Crippen LogP contribution in [0.4, 0.5) is 8.78 Å². The van der Waals surface area contributed by atoms with Crippen molar-refractivity contribution in [3.8, 4) is 0 Å². The van der Waals surface area contributed by atoms with Gasteiger partial charge in [-0.15, -0.1) is 11.3 Å². The summed E-state index contributed by atoms with van der Waals surface area (Å²) in [6.07, 6.45) is 3.02. The molecule has 1 atom stereocenters. The van der Waals surface area contributed by atoms with E-state index < -0.39 is 5.92 Å². The van der Waals surface area contributed by atoms with Crippen molar-refractivity contribution >= 4 is 11.3 Å². The summed E-state index contributed by atoms with van der Waals surface area (Å²) in [6.45, 7) is 0.812. The molecule has 100 valence electrons. The third-order valence-electron chi connectivity index (χ3n) is 3.80. The molecule has 0 amide bonds. The Morgan fingerprint density at radius 1 is 1.33 bits per heavy atom. The first-order valence-corrected chi connectivity index (χ1v) is 7.42. The summed E-state index contributed by atoms with van der Waals surface area (Å²) in [6, 6.07) is 0. The molecule has 1 aromatic heterocycles. The van der Waals surface area contributed by atoms with Crippen molar-refractivity contribution in [2.75, 3.05) is 7.05 Å². The van der Waals surface area contributed by atoms with Crippen LogP contribution in [0.25, 0.3) is 0 Å². The molecule has 0 spiro atoms. The van der Waals surface area contributed by atoms with Crippen molar-refractivity contribution in [1.82, 2.24) is 10.3 Å². The van der Waals surface area contributed by atoms with Gasteiger partial charge in [-0.05, 0) is 26.3 Å². The second-order valence-corrected chi connectivity index (χ2v) is 6.58. The van der Waals surface area contributed by atoms with Crippen molar-refractivity contribution in [1.29, 1.82) is 0 Å². The third kappa shape index (κ3) is 2.43.